The predicted octanol–water partition coefficient (Wildman–Crippen LogP) is 2.88. The summed E-state index contributed by atoms with van der Waals surface area (Å²) in [5.41, 5.74) is -0.354. The van der Waals surface area contributed by atoms with Crippen molar-refractivity contribution in [2.75, 3.05) is 0 Å². The molecule has 0 atom stereocenters. The molecule has 0 bridgehead atoms. The first kappa shape index (κ1) is 15.9. The fourth-order valence-electron chi connectivity index (χ4n) is 3.10. The molecule has 1 aromatic heterocycles. The highest BCUT2D eigenvalue weighted by atomic mass is 32.1. The van der Waals surface area contributed by atoms with Crippen LogP contribution in [0, 0.1) is 12.3 Å². The van der Waals surface area contributed by atoms with Gasteiger partial charge in [-0.05, 0) is 25.2 Å². The van der Waals surface area contributed by atoms with Crippen LogP contribution in [0.4, 0.5) is 0 Å². The van der Waals surface area contributed by atoms with E-state index in [-0.39, 0.29) is 17.7 Å². The zero-order chi connectivity index (χ0) is 15.3. The van der Waals surface area contributed by atoms with Gasteiger partial charge in [0.1, 0.15) is 5.01 Å². The number of aryl methyl sites for hydroxylation is 1. The molecule has 0 aromatic carbocycles. The summed E-state index contributed by atoms with van der Waals surface area (Å²) in [7, 11) is 0. The topological polar surface area (TPSA) is 79.3 Å². The molecule has 1 fully saturated rings. The van der Waals surface area contributed by atoms with Gasteiger partial charge in [-0.1, -0.05) is 19.3 Å². The molecule has 21 heavy (non-hydrogen) atoms. The van der Waals surface area contributed by atoms with E-state index in [1.807, 2.05) is 6.92 Å². The first-order chi connectivity index (χ1) is 9.99. The monoisotopic (exact) mass is 310 g/mol. The van der Waals surface area contributed by atoms with Gasteiger partial charge in [-0.3, -0.25) is 9.59 Å². The summed E-state index contributed by atoms with van der Waals surface area (Å²) in [6, 6.07) is 0. The number of rotatable bonds is 6. The van der Waals surface area contributed by atoms with Crippen LogP contribution in [0.3, 0.4) is 0 Å². The molecule has 0 unspecified atom stereocenters. The molecule has 1 saturated carbocycles. The van der Waals surface area contributed by atoms with Gasteiger partial charge in [0.25, 0.3) is 0 Å². The molecule has 2 N–H and O–H groups in total. The number of thiazole rings is 1. The van der Waals surface area contributed by atoms with Gasteiger partial charge < -0.3 is 10.4 Å². The number of aliphatic carboxylic acids is 1. The van der Waals surface area contributed by atoms with E-state index >= 15 is 0 Å². The van der Waals surface area contributed by atoms with Crippen molar-refractivity contribution in [1.29, 1.82) is 0 Å². The lowest BCUT2D eigenvalue weighted by Crippen LogP contribution is -2.35. The van der Waals surface area contributed by atoms with Crippen molar-refractivity contribution in [2.45, 2.75) is 58.4 Å². The first-order valence-electron chi connectivity index (χ1n) is 7.39. The molecule has 0 saturated heterocycles. The van der Waals surface area contributed by atoms with Gasteiger partial charge in [0.2, 0.25) is 5.91 Å². The van der Waals surface area contributed by atoms with Gasteiger partial charge >= 0.3 is 5.97 Å². The second kappa shape index (κ2) is 7.02. The Morgan fingerprint density at radius 2 is 2.05 bits per heavy atom. The molecular weight excluding hydrogens is 288 g/mol. The minimum atomic E-state index is -0.805. The van der Waals surface area contributed by atoms with Gasteiger partial charge in [-0.25, -0.2) is 4.98 Å². The van der Waals surface area contributed by atoms with Crippen molar-refractivity contribution < 1.29 is 14.7 Å². The van der Waals surface area contributed by atoms with Gasteiger partial charge in [-0.15, -0.1) is 11.3 Å². The average Bonchev–Trinajstić information content (AvgIpc) is 2.82. The highest BCUT2D eigenvalue weighted by molar-refractivity contribution is 7.11. The third-order valence-corrected chi connectivity index (χ3v) is 4.99. The number of hydrogen-bond donors (Lipinski definition) is 2. The summed E-state index contributed by atoms with van der Waals surface area (Å²) in [5.74, 6) is -0.869. The molecule has 5 nitrogen and oxygen atoms in total. The Bertz CT molecular complexity index is 507. The van der Waals surface area contributed by atoms with Crippen molar-refractivity contribution in [3.63, 3.8) is 0 Å². The van der Waals surface area contributed by atoms with Gasteiger partial charge in [0, 0.05) is 17.5 Å². The summed E-state index contributed by atoms with van der Waals surface area (Å²) in [6.45, 7) is 2.41. The van der Waals surface area contributed by atoms with Crippen molar-refractivity contribution >= 4 is 23.2 Å². The van der Waals surface area contributed by atoms with E-state index in [1.54, 1.807) is 17.5 Å². The number of carbonyl (C=O) groups excluding carboxylic acids is 1. The molecule has 1 amide bonds. The van der Waals surface area contributed by atoms with Crippen LogP contribution in [0.2, 0.25) is 0 Å². The van der Waals surface area contributed by atoms with Crippen LogP contribution in [-0.2, 0) is 16.1 Å². The summed E-state index contributed by atoms with van der Waals surface area (Å²) in [4.78, 5) is 28.6. The minimum absolute atomic E-state index is 0.0639. The largest absolute Gasteiger partial charge is 0.481 e. The predicted molar refractivity (Wildman–Crippen MR) is 81.1 cm³/mol. The zero-order valence-electron chi connectivity index (χ0n) is 12.4. The molecule has 1 aromatic rings. The molecule has 1 aliphatic carbocycles. The average molecular weight is 310 g/mol. The van der Waals surface area contributed by atoms with Crippen LogP contribution in [0.1, 0.15) is 54.8 Å². The van der Waals surface area contributed by atoms with Crippen LogP contribution in [0.5, 0.6) is 0 Å². The maximum Gasteiger partial charge on any atom is 0.303 e. The van der Waals surface area contributed by atoms with E-state index in [0.717, 1.165) is 42.0 Å². The van der Waals surface area contributed by atoms with Crippen LogP contribution >= 0.6 is 11.3 Å². The Morgan fingerprint density at radius 3 is 2.62 bits per heavy atom. The molecule has 2 rings (SSSR count). The molecule has 1 aliphatic rings. The number of nitrogens with one attached hydrogen (secondary N) is 1. The van der Waals surface area contributed by atoms with Crippen molar-refractivity contribution in [2.24, 2.45) is 5.41 Å². The SMILES string of the molecule is Cc1cnc(CNC(=O)CC2(CC(=O)O)CCCCC2)s1. The Hall–Kier alpha value is -1.43. The van der Waals surface area contributed by atoms with Gasteiger partial charge in [0.15, 0.2) is 0 Å². The highest BCUT2D eigenvalue weighted by Gasteiger charge is 2.36. The summed E-state index contributed by atoms with van der Waals surface area (Å²) >= 11 is 1.57. The van der Waals surface area contributed by atoms with Crippen molar-refractivity contribution in [3.8, 4) is 0 Å². The molecule has 0 radical (unpaired) electrons. The smallest absolute Gasteiger partial charge is 0.303 e. The molecule has 0 aliphatic heterocycles. The quantitative estimate of drug-likeness (QED) is 0.846. The number of carboxylic acid groups (broad SMARTS) is 1. The lowest BCUT2D eigenvalue weighted by atomic mass is 9.69. The fraction of sp³-hybridized carbons (Fsp3) is 0.667. The number of amides is 1. The van der Waals surface area contributed by atoms with Gasteiger partial charge in [-0.2, -0.15) is 0 Å². The number of aromatic nitrogens is 1. The normalized spacial score (nSPS) is 17.4. The number of carbonyl (C=O) groups is 2. The zero-order valence-corrected chi connectivity index (χ0v) is 13.2. The van der Waals surface area contributed by atoms with Gasteiger partial charge in [0.05, 0.1) is 13.0 Å². The third-order valence-electron chi connectivity index (χ3n) is 4.08. The Balaban J connectivity index is 1.89. The van der Waals surface area contributed by atoms with Crippen LogP contribution in [0.15, 0.2) is 6.20 Å². The van der Waals surface area contributed by atoms with E-state index in [4.69, 9.17) is 5.11 Å². The highest BCUT2D eigenvalue weighted by Crippen LogP contribution is 2.42. The second-order valence-corrected chi connectivity index (χ2v) is 7.27. The van der Waals surface area contributed by atoms with Crippen LogP contribution in [0.25, 0.3) is 0 Å². The third kappa shape index (κ3) is 4.81. The number of nitrogens with zero attached hydrogens (tertiary/aromatic N) is 1. The van der Waals surface area contributed by atoms with E-state index in [0.29, 0.717) is 13.0 Å². The van der Waals surface area contributed by atoms with Crippen LogP contribution in [-0.4, -0.2) is 22.0 Å². The lowest BCUT2D eigenvalue weighted by Gasteiger charge is -2.35. The Labute approximate surface area is 128 Å². The van der Waals surface area contributed by atoms with Crippen molar-refractivity contribution in [3.05, 3.63) is 16.1 Å². The van der Waals surface area contributed by atoms with Crippen LogP contribution < -0.4 is 5.32 Å². The van der Waals surface area contributed by atoms with E-state index in [1.165, 1.54) is 0 Å². The first-order valence-corrected chi connectivity index (χ1v) is 8.21. The second-order valence-electron chi connectivity index (χ2n) is 5.95. The number of hydrogen-bond acceptors (Lipinski definition) is 4. The maximum absolute atomic E-state index is 12.2. The summed E-state index contributed by atoms with van der Waals surface area (Å²) in [5, 5.41) is 12.9. The molecule has 6 heteroatoms. The molecule has 1 heterocycles. The summed E-state index contributed by atoms with van der Waals surface area (Å²) < 4.78 is 0. The maximum atomic E-state index is 12.2. The Kier molecular flexibility index (Phi) is 5.33. The standard InChI is InChI=1S/C15H22N2O3S/c1-11-9-17-13(21-11)10-16-12(18)7-15(8-14(19)20)5-3-2-4-6-15/h9H,2-8,10H2,1H3,(H,16,18)(H,19,20). The van der Waals surface area contributed by atoms with E-state index in [9.17, 15) is 9.59 Å². The minimum Gasteiger partial charge on any atom is -0.481 e. The summed E-state index contributed by atoms with van der Waals surface area (Å²) in [6.07, 6.45) is 7.05. The number of carboxylic acids is 1. The van der Waals surface area contributed by atoms with Crippen molar-refractivity contribution in [1.82, 2.24) is 10.3 Å². The lowest BCUT2D eigenvalue weighted by molar-refractivity contribution is -0.141. The van der Waals surface area contributed by atoms with E-state index < -0.39 is 5.97 Å². The Morgan fingerprint density at radius 1 is 1.33 bits per heavy atom. The fourth-order valence-corrected chi connectivity index (χ4v) is 3.83. The van der Waals surface area contributed by atoms with E-state index in [2.05, 4.69) is 10.3 Å². The molecular formula is C15H22N2O3S. The molecule has 0 spiro atoms. The molecule has 116 valence electrons.